The van der Waals surface area contributed by atoms with Crippen LogP contribution < -0.4 is 4.72 Å². The molecule has 1 saturated heterocycles. The lowest BCUT2D eigenvalue weighted by Gasteiger charge is -2.29. The Hall–Kier alpha value is -1.19. The molecule has 1 atom stereocenters. The smallest absolute Gasteiger partial charge is 0.311 e. The second-order valence-electron chi connectivity index (χ2n) is 5.11. The maximum absolute atomic E-state index is 12.3. The minimum Gasteiger partial charge on any atom is -0.469 e. The van der Waals surface area contributed by atoms with Crippen LogP contribution in [0.2, 0.25) is 0 Å². The van der Waals surface area contributed by atoms with Crippen LogP contribution in [0.1, 0.15) is 25.5 Å². The van der Waals surface area contributed by atoms with Crippen LogP contribution in [-0.4, -0.2) is 43.9 Å². The first-order valence-corrected chi connectivity index (χ1v) is 9.02. The highest BCUT2D eigenvalue weighted by Crippen LogP contribution is 2.22. The summed E-state index contributed by atoms with van der Waals surface area (Å²) < 4.78 is 33.0. The molecule has 0 aromatic carbocycles. The third kappa shape index (κ3) is 4.39. The molecule has 0 bridgehead atoms. The molecule has 2 heterocycles. The topological polar surface area (TPSA) is 88.6 Å². The number of aromatic nitrogens is 1. The Balaban J connectivity index is 2.01. The number of methoxy groups -OCH3 is 1. The number of thiazole rings is 1. The van der Waals surface area contributed by atoms with Gasteiger partial charge < -0.3 is 4.74 Å². The molecule has 1 unspecified atom stereocenters. The first-order valence-electron chi connectivity index (χ1n) is 6.70. The van der Waals surface area contributed by atoms with Gasteiger partial charge in [-0.15, -0.1) is 11.3 Å². The Bertz CT molecular complexity index is 599. The fraction of sp³-hybridized carbons (Fsp3) is 0.667. The molecular formula is C12H19N3O4S2. The Kier molecular flexibility index (Phi) is 5.17. The van der Waals surface area contributed by atoms with Crippen molar-refractivity contribution in [2.45, 2.75) is 26.2 Å². The van der Waals surface area contributed by atoms with Crippen LogP contribution in [0.25, 0.3) is 0 Å². The molecule has 9 heteroatoms. The molecule has 0 amide bonds. The van der Waals surface area contributed by atoms with Crippen LogP contribution in [0.4, 0.5) is 5.13 Å². The number of piperidine rings is 1. The fourth-order valence-electron chi connectivity index (χ4n) is 2.19. The van der Waals surface area contributed by atoms with Crippen molar-refractivity contribution in [3.63, 3.8) is 0 Å². The van der Waals surface area contributed by atoms with Crippen LogP contribution in [-0.2, 0) is 26.2 Å². The molecule has 0 spiro atoms. The molecule has 1 aliphatic rings. The number of esters is 1. The van der Waals surface area contributed by atoms with E-state index in [9.17, 15) is 13.2 Å². The van der Waals surface area contributed by atoms with Gasteiger partial charge in [0.1, 0.15) is 0 Å². The zero-order valence-corrected chi connectivity index (χ0v) is 13.7. The van der Waals surface area contributed by atoms with Gasteiger partial charge >= 0.3 is 16.2 Å². The van der Waals surface area contributed by atoms with E-state index in [4.69, 9.17) is 0 Å². The summed E-state index contributed by atoms with van der Waals surface area (Å²) >= 11 is 1.16. The fourth-order valence-corrected chi connectivity index (χ4v) is 4.47. The number of ether oxygens (including phenoxy) is 1. The van der Waals surface area contributed by atoms with E-state index in [2.05, 4.69) is 14.4 Å². The second-order valence-corrected chi connectivity index (χ2v) is 7.64. The maximum Gasteiger partial charge on any atom is 0.311 e. The third-order valence-corrected chi connectivity index (χ3v) is 5.68. The van der Waals surface area contributed by atoms with Gasteiger partial charge in [-0.1, -0.05) is 6.92 Å². The van der Waals surface area contributed by atoms with E-state index in [1.54, 1.807) is 5.38 Å². The van der Waals surface area contributed by atoms with Gasteiger partial charge in [0, 0.05) is 18.5 Å². The van der Waals surface area contributed by atoms with Gasteiger partial charge in [-0.3, -0.25) is 4.79 Å². The van der Waals surface area contributed by atoms with Crippen molar-refractivity contribution in [3.8, 4) is 0 Å². The summed E-state index contributed by atoms with van der Waals surface area (Å²) in [4.78, 5) is 15.3. The van der Waals surface area contributed by atoms with Gasteiger partial charge in [0.15, 0.2) is 5.13 Å². The third-order valence-electron chi connectivity index (χ3n) is 3.28. The monoisotopic (exact) mass is 333 g/mol. The standard InChI is InChI=1S/C12H19N3O4S2/c1-9-4-3-5-15(7-9)21(17,18)14-12-13-10(8-20-12)6-11(16)19-2/h8-9H,3-7H2,1-2H3,(H,13,14). The van der Waals surface area contributed by atoms with E-state index in [-0.39, 0.29) is 11.6 Å². The molecule has 2 rings (SSSR count). The van der Waals surface area contributed by atoms with Crippen LogP contribution >= 0.6 is 11.3 Å². The quantitative estimate of drug-likeness (QED) is 0.819. The molecule has 1 aromatic heterocycles. The minimum atomic E-state index is -3.57. The summed E-state index contributed by atoms with van der Waals surface area (Å²) in [7, 11) is -2.27. The summed E-state index contributed by atoms with van der Waals surface area (Å²) in [6.45, 7) is 3.09. The van der Waals surface area contributed by atoms with Crippen molar-refractivity contribution in [3.05, 3.63) is 11.1 Å². The Morgan fingerprint density at radius 2 is 2.38 bits per heavy atom. The van der Waals surface area contributed by atoms with Gasteiger partial charge in [-0.05, 0) is 18.8 Å². The van der Waals surface area contributed by atoms with Gasteiger partial charge in [-0.25, -0.2) is 9.71 Å². The van der Waals surface area contributed by atoms with Crippen LogP contribution in [0.15, 0.2) is 5.38 Å². The summed E-state index contributed by atoms with van der Waals surface area (Å²) in [6.07, 6.45) is 1.95. The highest BCUT2D eigenvalue weighted by atomic mass is 32.2. The van der Waals surface area contributed by atoms with Crippen LogP contribution in [0.3, 0.4) is 0 Å². The second kappa shape index (κ2) is 6.71. The van der Waals surface area contributed by atoms with Crippen LogP contribution in [0.5, 0.6) is 0 Å². The maximum atomic E-state index is 12.3. The summed E-state index contributed by atoms with van der Waals surface area (Å²) in [5.41, 5.74) is 0.497. The lowest BCUT2D eigenvalue weighted by atomic mass is 10.0. The number of nitrogens with one attached hydrogen (secondary N) is 1. The Morgan fingerprint density at radius 1 is 1.62 bits per heavy atom. The van der Waals surface area contributed by atoms with Crippen molar-refractivity contribution in [1.82, 2.24) is 9.29 Å². The zero-order valence-electron chi connectivity index (χ0n) is 12.0. The predicted molar refractivity (Wildman–Crippen MR) is 80.3 cm³/mol. The molecule has 1 aromatic rings. The normalized spacial score (nSPS) is 20.2. The molecule has 1 aliphatic heterocycles. The lowest BCUT2D eigenvalue weighted by molar-refractivity contribution is -0.139. The molecule has 0 aliphatic carbocycles. The van der Waals surface area contributed by atoms with E-state index in [0.717, 1.165) is 24.2 Å². The molecule has 0 radical (unpaired) electrons. The lowest BCUT2D eigenvalue weighted by Crippen LogP contribution is -2.42. The average molecular weight is 333 g/mol. The minimum absolute atomic E-state index is 0.0372. The van der Waals surface area contributed by atoms with Crippen molar-refractivity contribution < 1.29 is 17.9 Å². The van der Waals surface area contributed by atoms with Crippen molar-refractivity contribution in [2.75, 3.05) is 24.9 Å². The number of carbonyl (C=O) groups excluding carboxylic acids is 1. The van der Waals surface area contributed by atoms with E-state index < -0.39 is 16.2 Å². The van der Waals surface area contributed by atoms with E-state index in [1.165, 1.54) is 11.4 Å². The summed E-state index contributed by atoms with van der Waals surface area (Å²) in [5.74, 6) is -0.0407. The van der Waals surface area contributed by atoms with Gasteiger partial charge in [0.05, 0.1) is 19.2 Å². The van der Waals surface area contributed by atoms with Crippen molar-refractivity contribution in [1.29, 1.82) is 0 Å². The summed E-state index contributed by atoms with van der Waals surface area (Å²) in [6, 6.07) is 0. The largest absolute Gasteiger partial charge is 0.469 e. The number of anilines is 1. The van der Waals surface area contributed by atoms with Gasteiger partial charge in [0.25, 0.3) is 0 Å². The molecular weight excluding hydrogens is 314 g/mol. The summed E-state index contributed by atoms with van der Waals surface area (Å²) in [5, 5.41) is 1.92. The van der Waals surface area contributed by atoms with E-state index in [0.29, 0.717) is 24.7 Å². The SMILES string of the molecule is COC(=O)Cc1csc(NS(=O)(=O)N2CCCC(C)C2)n1. The first-order chi connectivity index (χ1) is 9.90. The van der Waals surface area contributed by atoms with Crippen molar-refractivity contribution in [2.24, 2.45) is 5.92 Å². The van der Waals surface area contributed by atoms with E-state index >= 15 is 0 Å². The molecule has 21 heavy (non-hydrogen) atoms. The highest BCUT2D eigenvalue weighted by Gasteiger charge is 2.27. The predicted octanol–water partition coefficient (Wildman–Crippen LogP) is 1.25. The van der Waals surface area contributed by atoms with Crippen LogP contribution in [0, 0.1) is 5.92 Å². The molecule has 0 saturated carbocycles. The zero-order chi connectivity index (χ0) is 15.5. The van der Waals surface area contributed by atoms with Gasteiger partial charge in [-0.2, -0.15) is 12.7 Å². The van der Waals surface area contributed by atoms with E-state index in [1.807, 2.05) is 6.92 Å². The molecule has 1 N–H and O–H groups in total. The average Bonchev–Trinajstić information content (AvgIpc) is 2.85. The number of nitrogens with zero attached hydrogens (tertiary/aromatic N) is 2. The molecule has 118 valence electrons. The number of rotatable bonds is 5. The van der Waals surface area contributed by atoms with Crippen molar-refractivity contribution >= 4 is 32.6 Å². The Labute approximate surface area is 128 Å². The number of carbonyl (C=O) groups is 1. The Morgan fingerprint density at radius 3 is 3.05 bits per heavy atom. The highest BCUT2D eigenvalue weighted by molar-refractivity contribution is 7.90. The molecule has 7 nitrogen and oxygen atoms in total. The first kappa shape index (κ1) is 16.2. The number of hydrogen-bond donors (Lipinski definition) is 1. The molecule has 1 fully saturated rings. The number of hydrogen-bond acceptors (Lipinski definition) is 6. The van der Waals surface area contributed by atoms with Gasteiger partial charge in [0.2, 0.25) is 0 Å².